The molecular formula is C16H19N4O5S+. The average Bonchev–Trinajstić information content (AvgIpc) is 3.15. The fraction of sp³-hybridized carbons (Fsp3) is 0.375. The van der Waals surface area contributed by atoms with Crippen molar-refractivity contribution >= 4 is 24.4 Å². The molecule has 1 unspecified atom stereocenters. The van der Waals surface area contributed by atoms with Crippen molar-refractivity contribution in [2.45, 2.75) is 24.4 Å². The van der Waals surface area contributed by atoms with Gasteiger partial charge in [0.15, 0.2) is 6.17 Å². The molecular weight excluding hydrogens is 360 g/mol. The lowest BCUT2D eigenvalue weighted by molar-refractivity contribution is -0.866. The van der Waals surface area contributed by atoms with Crippen LogP contribution in [0.25, 0.3) is 0 Å². The van der Waals surface area contributed by atoms with E-state index in [2.05, 4.69) is 17.6 Å². The van der Waals surface area contributed by atoms with E-state index >= 15 is 0 Å². The molecule has 1 N–H and O–H groups in total. The van der Waals surface area contributed by atoms with Crippen LogP contribution in [0.15, 0.2) is 41.5 Å². The number of benzene rings is 1. The number of H-pyrrole nitrogens is 1. The second-order valence-corrected chi connectivity index (χ2v) is 7.20. The molecule has 0 aliphatic carbocycles. The van der Waals surface area contributed by atoms with Crippen LogP contribution in [0, 0.1) is 10.1 Å². The van der Waals surface area contributed by atoms with Gasteiger partial charge in [-0.05, 0) is 17.7 Å². The number of non-ortho nitro benzene ring substituents is 1. The monoisotopic (exact) mass is 379 g/mol. The standard InChI is InChI=1S/C16H18N4O5S/c1-20(9-13(26)8-14(20)18-7-6-17-15(18)21)16(22)25-10-11-2-4-12(5-3-11)19(23)24/h2-7,13-14H,8-10H2,1H3,(H-,17,21,26)/p+1/t13-,14-,20?/m0/s1. The number of nitrogens with zero attached hydrogens (tertiary/aromatic N) is 3. The summed E-state index contributed by atoms with van der Waals surface area (Å²) in [6.45, 7) is 0.432. The van der Waals surface area contributed by atoms with Crippen LogP contribution in [0.4, 0.5) is 10.5 Å². The summed E-state index contributed by atoms with van der Waals surface area (Å²) in [6.07, 6.45) is 2.82. The van der Waals surface area contributed by atoms with Crippen LogP contribution in [-0.2, 0) is 11.3 Å². The number of imidazole rings is 1. The van der Waals surface area contributed by atoms with Gasteiger partial charge in [0.05, 0.1) is 17.2 Å². The number of hydrogen-bond donors (Lipinski definition) is 2. The number of nitrogens with one attached hydrogen (secondary N) is 1. The molecule has 1 aliphatic rings. The molecule has 138 valence electrons. The Balaban J connectivity index is 1.74. The summed E-state index contributed by atoms with van der Waals surface area (Å²) >= 11 is 4.48. The van der Waals surface area contributed by atoms with Gasteiger partial charge in [-0.15, -0.1) is 0 Å². The van der Waals surface area contributed by atoms with Crippen molar-refractivity contribution in [3.05, 3.63) is 62.8 Å². The zero-order chi connectivity index (χ0) is 18.9. The van der Waals surface area contributed by atoms with E-state index in [1.807, 2.05) is 0 Å². The minimum Gasteiger partial charge on any atom is -0.415 e. The SMILES string of the molecule is C[N+]1(C(=O)OCc2ccc([N+](=O)[O-])cc2)C[C@@H](S)C[C@H]1n1cc[nH]c1=O. The number of nitro benzene ring substituents is 1. The number of carbonyl (C=O) groups is 1. The number of quaternary nitrogens is 1. The summed E-state index contributed by atoms with van der Waals surface area (Å²) in [4.78, 5) is 37.5. The van der Waals surface area contributed by atoms with Gasteiger partial charge in [0.25, 0.3) is 5.69 Å². The van der Waals surface area contributed by atoms with E-state index in [4.69, 9.17) is 4.74 Å². The molecule has 1 aromatic carbocycles. The number of thiol groups is 1. The van der Waals surface area contributed by atoms with E-state index in [1.54, 1.807) is 25.4 Å². The number of aromatic nitrogens is 2. The van der Waals surface area contributed by atoms with Crippen LogP contribution in [0.3, 0.4) is 0 Å². The second-order valence-electron chi connectivity index (χ2n) is 6.47. The van der Waals surface area contributed by atoms with E-state index in [0.717, 1.165) is 0 Å². The molecule has 1 fully saturated rings. The van der Waals surface area contributed by atoms with Crippen LogP contribution < -0.4 is 5.69 Å². The van der Waals surface area contributed by atoms with Crippen molar-refractivity contribution in [1.82, 2.24) is 9.55 Å². The van der Waals surface area contributed by atoms with Gasteiger partial charge in [-0.25, -0.2) is 13.8 Å². The molecule has 1 aliphatic heterocycles. The molecule has 0 bridgehead atoms. The van der Waals surface area contributed by atoms with Crippen molar-refractivity contribution in [2.75, 3.05) is 13.6 Å². The maximum absolute atomic E-state index is 12.8. The zero-order valence-corrected chi connectivity index (χ0v) is 15.0. The molecule has 0 saturated carbocycles. The third-order valence-electron chi connectivity index (χ3n) is 4.65. The Morgan fingerprint density at radius 2 is 2.15 bits per heavy atom. The highest BCUT2D eigenvalue weighted by Crippen LogP contribution is 2.36. The Morgan fingerprint density at radius 1 is 1.46 bits per heavy atom. The Hall–Kier alpha value is -2.59. The van der Waals surface area contributed by atoms with Crippen LogP contribution in [0.5, 0.6) is 0 Å². The first-order chi connectivity index (χ1) is 12.3. The van der Waals surface area contributed by atoms with Gasteiger partial charge in [0, 0.05) is 30.9 Å². The predicted octanol–water partition coefficient (Wildman–Crippen LogP) is 2.07. The smallest absolute Gasteiger partial charge is 0.415 e. The lowest BCUT2D eigenvalue weighted by Gasteiger charge is -2.31. The van der Waals surface area contributed by atoms with E-state index < -0.39 is 17.2 Å². The second kappa shape index (κ2) is 6.96. The fourth-order valence-corrected chi connectivity index (χ4v) is 3.79. The summed E-state index contributed by atoms with van der Waals surface area (Å²) in [7, 11) is 1.72. The van der Waals surface area contributed by atoms with Gasteiger partial charge in [0.2, 0.25) is 0 Å². The van der Waals surface area contributed by atoms with Crippen LogP contribution in [0.1, 0.15) is 18.2 Å². The van der Waals surface area contributed by atoms with Gasteiger partial charge in [-0.3, -0.25) is 10.1 Å². The van der Waals surface area contributed by atoms with Gasteiger partial charge in [0.1, 0.15) is 13.2 Å². The minimum absolute atomic E-state index is 0.00331. The molecule has 0 radical (unpaired) electrons. The largest absolute Gasteiger partial charge is 0.517 e. The number of likely N-dealkylation sites (tertiary alicyclic amines) is 1. The molecule has 26 heavy (non-hydrogen) atoms. The van der Waals surface area contributed by atoms with Crippen LogP contribution in [-0.4, -0.2) is 43.9 Å². The highest BCUT2D eigenvalue weighted by molar-refractivity contribution is 7.81. The first-order valence-corrected chi connectivity index (χ1v) is 8.52. The summed E-state index contributed by atoms with van der Waals surface area (Å²) in [6, 6.07) is 5.82. The molecule has 0 spiro atoms. The summed E-state index contributed by atoms with van der Waals surface area (Å²) < 4.78 is 6.83. The number of nitro groups is 1. The number of hydrogen-bond acceptors (Lipinski definition) is 6. The molecule has 3 atom stereocenters. The summed E-state index contributed by atoms with van der Waals surface area (Å²) in [5, 5.41) is 10.6. The highest BCUT2D eigenvalue weighted by atomic mass is 32.1. The van der Waals surface area contributed by atoms with Crippen molar-refractivity contribution in [1.29, 1.82) is 0 Å². The molecule has 3 rings (SSSR count). The Labute approximate surface area is 154 Å². The molecule has 1 aromatic heterocycles. The predicted molar refractivity (Wildman–Crippen MR) is 95.8 cm³/mol. The van der Waals surface area contributed by atoms with Crippen molar-refractivity contribution in [3.63, 3.8) is 0 Å². The third kappa shape index (κ3) is 3.37. The molecule has 10 heteroatoms. The topological polar surface area (TPSA) is 107 Å². The highest BCUT2D eigenvalue weighted by Gasteiger charge is 2.51. The first kappa shape index (κ1) is 18.2. The Bertz CT molecular complexity index is 877. The fourth-order valence-electron chi connectivity index (χ4n) is 3.27. The van der Waals surface area contributed by atoms with Crippen molar-refractivity contribution in [3.8, 4) is 0 Å². The van der Waals surface area contributed by atoms with Crippen molar-refractivity contribution in [2.24, 2.45) is 0 Å². The van der Waals surface area contributed by atoms with E-state index in [1.165, 1.54) is 22.9 Å². The maximum Gasteiger partial charge on any atom is 0.517 e. The van der Waals surface area contributed by atoms with Crippen LogP contribution in [0.2, 0.25) is 0 Å². The zero-order valence-electron chi connectivity index (χ0n) is 14.1. The molecule has 2 heterocycles. The van der Waals surface area contributed by atoms with E-state index in [-0.39, 0.29) is 27.7 Å². The molecule has 2 aromatic rings. The van der Waals surface area contributed by atoms with Crippen molar-refractivity contribution < 1.29 is 18.9 Å². The molecule has 9 nitrogen and oxygen atoms in total. The number of carbonyl (C=O) groups excluding carboxylic acids is 1. The number of rotatable bonds is 4. The summed E-state index contributed by atoms with van der Waals surface area (Å²) in [5.41, 5.74) is 0.334. The number of ether oxygens (including phenoxy) is 1. The van der Waals surface area contributed by atoms with Gasteiger partial charge in [-0.2, -0.15) is 17.4 Å². The Morgan fingerprint density at radius 3 is 2.73 bits per heavy atom. The van der Waals surface area contributed by atoms with E-state index in [0.29, 0.717) is 18.5 Å². The van der Waals surface area contributed by atoms with E-state index in [9.17, 15) is 19.7 Å². The van der Waals surface area contributed by atoms with Crippen LogP contribution >= 0.6 is 12.6 Å². The van der Waals surface area contributed by atoms with Gasteiger partial charge < -0.3 is 9.72 Å². The summed E-state index contributed by atoms with van der Waals surface area (Å²) in [5.74, 6) is 0. The minimum atomic E-state index is -0.488. The third-order valence-corrected chi connectivity index (χ3v) is 5.03. The lowest BCUT2D eigenvalue weighted by Crippen LogP contribution is -2.52. The molecule has 1 saturated heterocycles. The number of amides is 1. The number of aromatic amines is 1. The quantitative estimate of drug-likeness (QED) is 0.366. The van der Waals surface area contributed by atoms with Gasteiger partial charge in [-0.1, -0.05) is 0 Å². The maximum atomic E-state index is 12.8. The Kier molecular flexibility index (Phi) is 4.88. The lowest BCUT2D eigenvalue weighted by atomic mass is 10.2. The molecule has 1 amide bonds. The normalized spacial score (nSPS) is 25.2. The first-order valence-electron chi connectivity index (χ1n) is 8.00. The van der Waals surface area contributed by atoms with Gasteiger partial charge >= 0.3 is 11.8 Å². The average molecular weight is 379 g/mol.